The van der Waals surface area contributed by atoms with Crippen LogP contribution in [0.4, 0.5) is 0 Å². The number of nitrogens with zero attached hydrogens (tertiary/aromatic N) is 7. The fourth-order valence-electron chi connectivity index (χ4n) is 6.52. The van der Waals surface area contributed by atoms with E-state index in [0.717, 1.165) is 55.6 Å². The average molecular weight is 718 g/mol. The molecule has 0 amide bonds. The molecule has 0 fully saturated rings. The average Bonchev–Trinajstić information content (AvgIpc) is 3.30. The van der Waals surface area contributed by atoms with Gasteiger partial charge >= 0.3 is 0 Å². The minimum atomic E-state index is 0.501. The van der Waals surface area contributed by atoms with E-state index in [0.29, 0.717) is 40.5 Å². The minimum absolute atomic E-state index is 0.501. The Morgan fingerprint density at radius 2 is 0.536 bits per heavy atom. The minimum Gasteiger partial charge on any atom is -0.208 e. The van der Waals surface area contributed by atoms with Crippen LogP contribution in [0.3, 0.4) is 0 Å². The first kappa shape index (κ1) is 33.9. The molecule has 0 aliphatic carbocycles. The highest BCUT2D eigenvalue weighted by Gasteiger charge is 2.15. The Balaban J connectivity index is 1.06. The van der Waals surface area contributed by atoms with E-state index >= 15 is 0 Å². The summed E-state index contributed by atoms with van der Waals surface area (Å²) >= 11 is 0. The van der Waals surface area contributed by atoms with E-state index in [2.05, 4.69) is 66.7 Å². The van der Waals surface area contributed by atoms with Crippen LogP contribution in [0.15, 0.2) is 188 Å². The second-order valence-electron chi connectivity index (χ2n) is 13.1. The van der Waals surface area contributed by atoms with Gasteiger partial charge in [0.1, 0.15) is 0 Å². The lowest BCUT2D eigenvalue weighted by Gasteiger charge is -2.11. The molecule has 0 bridgehead atoms. The normalized spacial score (nSPS) is 10.8. The fourth-order valence-corrected chi connectivity index (χ4v) is 6.52. The largest absolute Gasteiger partial charge is 0.208 e. The summed E-state index contributed by atoms with van der Waals surface area (Å²) in [6.07, 6.45) is 0. The summed E-state index contributed by atoms with van der Waals surface area (Å²) in [5.74, 6) is 3.41. The molecular weight excluding hydrogens is 687 g/mol. The van der Waals surface area contributed by atoms with Crippen molar-refractivity contribution < 1.29 is 0 Å². The topological polar surface area (TPSA) is 101 Å². The van der Waals surface area contributed by atoms with E-state index in [1.165, 1.54) is 0 Å². The molecular formula is C49H31N7. The summed E-state index contributed by atoms with van der Waals surface area (Å²) in [5, 5.41) is 9.52. The first-order chi connectivity index (χ1) is 27.7. The lowest BCUT2D eigenvalue weighted by molar-refractivity contribution is 1.07. The van der Waals surface area contributed by atoms with Crippen LogP contribution in [0.1, 0.15) is 5.56 Å². The summed E-state index contributed by atoms with van der Waals surface area (Å²) in [6.45, 7) is 0. The van der Waals surface area contributed by atoms with Gasteiger partial charge in [-0.2, -0.15) is 5.26 Å². The number of hydrogen-bond donors (Lipinski definition) is 0. The van der Waals surface area contributed by atoms with Crippen molar-refractivity contribution in [3.8, 4) is 96.7 Å². The van der Waals surface area contributed by atoms with Gasteiger partial charge in [0, 0.05) is 33.4 Å². The second-order valence-corrected chi connectivity index (χ2v) is 13.1. The molecule has 0 spiro atoms. The second kappa shape index (κ2) is 15.2. The predicted molar refractivity (Wildman–Crippen MR) is 221 cm³/mol. The molecule has 0 saturated carbocycles. The van der Waals surface area contributed by atoms with Crippen LogP contribution in [-0.2, 0) is 0 Å². The summed E-state index contributed by atoms with van der Waals surface area (Å²) in [6, 6.07) is 64.4. The van der Waals surface area contributed by atoms with Gasteiger partial charge in [-0.1, -0.05) is 170 Å². The molecule has 0 unspecified atom stereocenters. The van der Waals surface area contributed by atoms with Crippen molar-refractivity contribution in [2.75, 3.05) is 0 Å². The maximum absolute atomic E-state index is 9.52. The van der Waals surface area contributed by atoms with Gasteiger partial charge in [0.05, 0.1) is 11.6 Å². The predicted octanol–water partition coefficient (Wildman–Crippen LogP) is 11.3. The number of nitriles is 1. The molecule has 0 N–H and O–H groups in total. The highest BCUT2D eigenvalue weighted by Crippen LogP contribution is 2.31. The Bertz CT molecular complexity index is 2840. The molecule has 7 aromatic carbocycles. The molecule has 262 valence electrons. The molecule has 56 heavy (non-hydrogen) atoms. The van der Waals surface area contributed by atoms with Gasteiger partial charge in [0.25, 0.3) is 0 Å². The standard InChI is InChI=1S/C49H31N7/c50-32-33-12-10-20-42(30-33)48-53-44(37-15-6-2-7-16-37)51-46(55-48)40-28-24-36(25-29-40)41-19-11-21-43(31-41)49-54-45(38-17-8-3-9-18-38)52-47(56-49)39-26-22-35(23-27-39)34-13-4-1-5-14-34/h1-31H. The van der Waals surface area contributed by atoms with Gasteiger partial charge in [-0.3, -0.25) is 0 Å². The first-order valence-corrected chi connectivity index (χ1v) is 18.2. The Labute approximate surface area is 324 Å². The van der Waals surface area contributed by atoms with Crippen molar-refractivity contribution >= 4 is 0 Å². The van der Waals surface area contributed by atoms with E-state index in [4.69, 9.17) is 29.9 Å². The highest BCUT2D eigenvalue weighted by atomic mass is 15.0. The maximum atomic E-state index is 9.52. The zero-order valence-corrected chi connectivity index (χ0v) is 30.0. The maximum Gasteiger partial charge on any atom is 0.164 e. The van der Waals surface area contributed by atoms with Crippen LogP contribution in [0, 0.1) is 11.3 Å². The van der Waals surface area contributed by atoms with Crippen LogP contribution in [0.5, 0.6) is 0 Å². The summed E-state index contributed by atoms with van der Waals surface area (Å²) < 4.78 is 0. The lowest BCUT2D eigenvalue weighted by Crippen LogP contribution is -2.00. The van der Waals surface area contributed by atoms with Crippen LogP contribution >= 0.6 is 0 Å². The van der Waals surface area contributed by atoms with E-state index in [9.17, 15) is 5.26 Å². The van der Waals surface area contributed by atoms with E-state index in [1.807, 2.05) is 115 Å². The Kier molecular flexibility index (Phi) is 9.18. The van der Waals surface area contributed by atoms with E-state index < -0.39 is 0 Å². The van der Waals surface area contributed by atoms with Crippen molar-refractivity contribution in [1.82, 2.24) is 29.9 Å². The summed E-state index contributed by atoms with van der Waals surface area (Å²) in [5.41, 5.74) is 10.0. The van der Waals surface area contributed by atoms with Gasteiger partial charge in [-0.25, -0.2) is 29.9 Å². The van der Waals surface area contributed by atoms with Crippen LogP contribution in [0.2, 0.25) is 0 Å². The molecule has 0 saturated heterocycles. The number of aromatic nitrogens is 6. The summed E-state index contributed by atoms with van der Waals surface area (Å²) in [7, 11) is 0. The summed E-state index contributed by atoms with van der Waals surface area (Å²) in [4.78, 5) is 29.4. The number of rotatable bonds is 8. The van der Waals surface area contributed by atoms with Gasteiger partial charge in [0.15, 0.2) is 34.9 Å². The van der Waals surface area contributed by atoms with E-state index in [-0.39, 0.29) is 0 Å². The Morgan fingerprint density at radius 1 is 0.250 bits per heavy atom. The molecule has 0 atom stereocenters. The first-order valence-electron chi connectivity index (χ1n) is 18.2. The van der Waals surface area contributed by atoms with Gasteiger partial charge in [-0.05, 0) is 40.5 Å². The lowest BCUT2D eigenvalue weighted by atomic mass is 10.0. The van der Waals surface area contributed by atoms with E-state index in [1.54, 1.807) is 12.1 Å². The van der Waals surface area contributed by atoms with Crippen LogP contribution in [-0.4, -0.2) is 29.9 Å². The molecule has 7 nitrogen and oxygen atoms in total. The molecule has 9 rings (SSSR count). The van der Waals surface area contributed by atoms with Crippen molar-refractivity contribution in [1.29, 1.82) is 5.26 Å². The van der Waals surface area contributed by atoms with Crippen molar-refractivity contribution in [3.63, 3.8) is 0 Å². The number of hydrogen-bond acceptors (Lipinski definition) is 7. The highest BCUT2D eigenvalue weighted by molar-refractivity contribution is 5.75. The SMILES string of the molecule is N#Cc1cccc(-c2nc(-c3ccccc3)nc(-c3ccc(-c4cccc(-c5nc(-c6ccccc6)nc(-c6ccc(-c7ccccc7)cc6)n5)c4)cc3)n2)c1. The molecule has 9 aromatic rings. The fraction of sp³-hybridized carbons (Fsp3) is 0. The smallest absolute Gasteiger partial charge is 0.164 e. The molecule has 2 aromatic heterocycles. The Morgan fingerprint density at radius 3 is 0.982 bits per heavy atom. The molecule has 0 aliphatic heterocycles. The van der Waals surface area contributed by atoms with Gasteiger partial charge in [-0.15, -0.1) is 0 Å². The molecule has 2 heterocycles. The third-order valence-electron chi connectivity index (χ3n) is 9.43. The van der Waals surface area contributed by atoms with Crippen molar-refractivity contribution in [2.24, 2.45) is 0 Å². The quantitative estimate of drug-likeness (QED) is 0.154. The molecule has 0 aliphatic rings. The monoisotopic (exact) mass is 717 g/mol. The third kappa shape index (κ3) is 7.19. The molecule has 0 radical (unpaired) electrons. The number of benzene rings is 7. The third-order valence-corrected chi connectivity index (χ3v) is 9.43. The van der Waals surface area contributed by atoms with Crippen LogP contribution in [0.25, 0.3) is 90.6 Å². The van der Waals surface area contributed by atoms with Crippen molar-refractivity contribution in [3.05, 3.63) is 194 Å². The molecule has 7 heteroatoms. The van der Waals surface area contributed by atoms with Crippen molar-refractivity contribution in [2.45, 2.75) is 0 Å². The Hall–Kier alpha value is -7.95. The van der Waals surface area contributed by atoms with Gasteiger partial charge in [0.2, 0.25) is 0 Å². The zero-order chi connectivity index (χ0) is 37.7. The zero-order valence-electron chi connectivity index (χ0n) is 30.0. The van der Waals surface area contributed by atoms with Gasteiger partial charge < -0.3 is 0 Å². The van der Waals surface area contributed by atoms with Crippen LogP contribution < -0.4 is 0 Å².